The van der Waals surface area contributed by atoms with E-state index in [1.165, 1.54) is 0 Å². The van der Waals surface area contributed by atoms with Crippen LogP contribution in [-0.2, 0) is 6.54 Å². The maximum atomic E-state index is 12.6. The number of hydrogen-bond acceptors (Lipinski definition) is 4. The molecule has 0 radical (unpaired) electrons. The van der Waals surface area contributed by atoms with Gasteiger partial charge in [-0.05, 0) is 15.9 Å². The average Bonchev–Trinajstić information content (AvgIpc) is 2.16. The average molecular weight is 282 g/mol. The SMILES string of the molecule is NCc1ncc(Br)c(C(F)F)c1[N+](=O)[O-]. The van der Waals surface area contributed by atoms with Gasteiger partial charge >= 0.3 is 5.69 Å². The fourth-order valence-corrected chi connectivity index (χ4v) is 1.56. The monoisotopic (exact) mass is 281 g/mol. The summed E-state index contributed by atoms with van der Waals surface area (Å²) in [5.74, 6) is 0. The van der Waals surface area contributed by atoms with Crippen molar-refractivity contribution >= 4 is 21.6 Å². The third-order valence-electron chi connectivity index (χ3n) is 1.71. The Morgan fingerprint density at radius 1 is 1.67 bits per heavy atom. The molecule has 0 saturated heterocycles. The molecule has 0 atom stereocenters. The largest absolute Gasteiger partial charge is 0.325 e. The highest BCUT2D eigenvalue weighted by Crippen LogP contribution is 2.36. The summed E-state index contributed by atoms with van der Waals surface area (Å²) in [6.07, 6.45) is -1.87. The molecule has 8 heteroatoms. The molecule has 5 nitrogen and oxygen atoms in total. The lowest BCUT2D eigenvalue weighted by atomic mass is 10.2. The molecule has 82 valence electrons. The normalized spacial score (nSPS) is 10.7. The second kappa shape index (κ2) is 4.58. The number of rotatable bonds is 3. The van der Waals surface area contributed by atoms with Crippen molar-refractivity contribution in [1.29, 1.82) is 0 Å². The quantitative estimate of drug-likeness (QED) is 0.680. The van der Waals surface area contributed by atoms with E-state index in [9.17, 15) is 18.9 Å². The van der Waals surface area contributed by atoms with Gasteiger partial charge in [0.05, 0.1) is 9.40 Å². The third kappa shape index (κ3) is 2.26. The van der Waals surface area contributed by atoms with Crippen molar-refractivity contribution in [2.24, 2.45) is 5.73 Å². The Hall–Kier alpha value is -1.15. The van der Waals surface area contributed by atoms with Crippen LogP contribution in [0.1, 0.15) is 17.7 Å². The van der Waals surface area contributed by atoms with Crippen molar-refractivity contribution in [2.45, 2.75) is 13.0 Å². The summed E-state index contributed by atoms with van der Waals surface area (Å²) >= 11 is 2.79. The number of pyridine rings is 1. The van der Waals surface area contributed by atoms with Gasteiger partial charge in [-0.2, -0.15) is 0 Å². The van der Waals surface area contributed by atoms with Crippen molar-refractivity contribution < 1.29 is 13.7 Å². The molecule has 1 aromatic heterocycles. The van der Waals surface area contributed by atoms with Gasteiger partial charge in [-0.1, -0.05) is 0 Å². The number of nitrogens with two attached hydrogens (primary N) is 1. The first kappa shape index (κ1) is 11.9. The van der Waals surface area contributed by atoms with E-state index < -0.39 is 22.6 Å². The molecule has 0 unspecified atom stereocenters. The molecule has 0 spiro atoms. The number of alkyl halides is 2. The van der Waals surface area contributed by atoms with Crippen molar-refractivity contribution in [3.63, 3.8) is 0 Å². The van der Waals surface area contributed by atoms with Crippen LogP contribution < -0.4 is 5.73 Å². The number of halogens is 3. The van der Waals surface area contributed by atoms with Crippen molar-refractivity contribution in [1.82, 2.24) is 4.98 Å². The van der Waals surface area contributed by atoms with E-state index in [1.807, 2.05) is 0 Å². The molecule has 0 aliphatic heterocycles. The molecule has 1 rings (SSSR count). The molecule has 0 fully saturated rings. The molecular formula is C7H6BrF2N3O2. The fraction of sp³-hybridized carbons (Fsp3) is 0.286. The van der Waals surface area contributed by atoms with Gasteiger partial charge in [0.2, 0.25) is 0 Å². The zero-order chi connectivity index (χ0) is 11.6. The molecule has 0 aliphatic rings. The molecule has 15 heavy (non-hydrogen) atoms. The molecule has 2 N–H and O–H groups in total. The first-order valence-corrected chi connectivity index (χ1v) is 4.58. The fourth-order valence-electron chi connectivity index (χ4n) is 1.09. The number of hydrogen-bond donors (Lipinski definition) is 1. The van der Waals surface area contributed by atoms with Crippen molar-refractivity contribution in [3.8, 4) is 0 Å². The summed E-state index contributed by atoms with van der Waals surface area (Å²) in [5.41, 5.74) is 3.62. The van der Waals surface area contributed by atoms with E-state index in [4.69, 9.17) is 5.73 Å². The molecule has 0 aromatic carbocycles. The predicted molar refractivity (Wildman–Crippen MR) is 51.4 cm³/mol. The van der Waals surface area contributed by atoms with Crippen LogP contribution in [0.2, 0.25) is 0 Å². The smallest absolute Gasteiger partial charge is 0.302 e. The summed E-state index contributed by atoms with van der Waals surface area (Å²) in [4.78, 5) is 13.3. The highest BCUT2D eigenvalue weighted by Gasteiger charge is 2.28. The maximum absolute atomic E-state index is 12.6. The minimum Gasteiger partial charge on any atom is -0.325 e. The Kier molecular flexibility index (Phi) is 3.64. The van der Waals surface area contributed by atoms with E-state index in [2.05, 4.69) is 20.9 Å². The zero-order valence-corrected chi connectivity index (χ0v) is 8.87. The van der Waals surface area contributed by atoms with Gasteiger partial charge in [-0.3, -0.25) is 15.1 Å². The lowest BCUT2D eigenvalue weighted by Gasteiger charge is -2.06. The topological polar surface area (TPSA) is 82.0 Å². The third-order valence-corrected chi connectivity index (χ3v) is 2.35. The van der Waals surface area contributed by atoms with E-state index in [0.29, 0.717) is 0 Å². The Morgan fingerprint density at radius 2 is 2.27 bits per heavy atom. The minimum atomic E-state index is -2.95. The molecule has 0 aliphatic carbocycles. The lowest BCUT2D eigenvalue weighted by Crippen LogP contribution is -2.08. The molecular weight excluding hydrogens is 276 g/mol. The second-order valence-corrected chi connectivity index (χ2v) is 3.43. The predicted octanol–water partition coefficient (Wildman–Crippen LogP) is 2.15. The highest BCUT2D eigenvalue weighted by atomic mass is 79.9. The Bertz CT molecular complexity index is 400. The van der Waals surface area contributed by atoms with Crippen LogP contribution in [0.15, 0.2) is 10.7 Å². The van der Waals surface area contributed by atoms with Crippen LogP contribution in [0, 0.1) is 10.1 Å². The van der Waals surface area contributed by atoms with Gasteiger partial charge in [-0.25, -0.2) is 8.78 Å². The zero-order valence-electron chi connectivity index (χ0n) is 7.28. The van der Waals surface area contributed by atoms with E-state index in [-0.39, 0.29) is 16.7 Å². The van der Waals surface area contributed by atoms with Gasteiger partial charge < -0.3 is 5.73 Å². The van der Waals surface area contributed by atoms with Crippen molar-refractivity contribution in [2.75, 3.05) is 0 Å². The summed E-state index contributed by atoms with van der Waals surface area (Å²) < 4.78 is 25.0. The number of nitro groups is 1. The van der Waals surface area contributed by atoms with E-state index in [1.54, 1.807) is 0 Å². The van der Waals surface area contributed by atoms with Crippen LogP contribution in [-0.4, -0.2) is 9.91 Å². The Morgan fingerprint density at radius 3 is 2.67 bits per heavy atom. The van der Waals surface area contributed by atoms with Crippen LogP contribution in [0.25, 0.3) is 0 Å². The standard InChI is InChI=1S/C7H6BrF2N3O2/c8-3-2-12-4(1-11)6(13(14)15)5(3)7(9)10/h2,7H,1,11H2. The minimum absolute atomic E-state index is 0.0959. The van der Waals surface area contributed by atoms with Gasteiger partial charge in [-0.15, -0.1) is 0 Å². The number of nitrogens with zero attached hydrogens (tertiary/aromatic N) is 2. The molecule has 1 aromatic rings. The van der Waals surface area contributed by atoms with Crippen LogP contribution in [0.3, 0.4) is 0 Å². The maximum Gasteiger partial charge on any atom is 0.302 e. The molecule has 0 bridgehead atoms. The Labute approximate surface area is 91.6 Å². The van der Waals surface area contributed by atoms with E-state index in [0.717, 1.165) is 6.20 Å². The molecule has 1 heterocycles. The first-order chi connectivity index (χ1) is 6.99. The molecule has 0 amide bonds. The number of aromatic nitrogens is 1. The summed E-state index contributed by atoms with van der Waals surface area (Å²) in [6.45, 7) is -0.261. The van der Waals surface area contributed by atoms with Crippen LogP contribution in [0.4, 0.5) is 14.5 Å². The summed E-state index contributed by atoms with van der Waals surface area (Å²) in [7, 11) is 0. The van der Waals surface area contributed by atoms with Crippen LogP contribution in [0.5, 0.6) is 0 Å². The highest BCUT2D eigenvalue weighted by molar-refractivity contribution is 9.10. The van der Waals surface area contributed by atoms with E-state index >= 15 is 0 Å². The Balaban J connectivity index is 3.51. The summed E-state index contributed by atoms with van der Waals surface area (Å²) in [5, 5.41) is 10.6. The van der Waals surface area contributed by atoms with Gasteiger partial charge in [0, 0.05) is 12.7 Å². The van der Waals surface area contributed by atoms with Gasteiger partial charge in [0.15, 0.2) is 0 Å². The molecule has 0 saturated carbocycles. The second-order valence-electron chi connectivity index (χ2n) is 2.58. The lowest BCUT2D eigenvalue weighted by molar-refractivity contribution is -0.387. The van der Waals surface area contributed by atoms with Crippen LogP contribution >= 0.6 is 15.9 Å². The first-order valence-electron chi connectivity index (χ1n) is 3.79. The van der Waals surface area contributed by atoms with Crippen molar-refractivity contribution in [3.05, 3.63) is 32.0 Å². The summed E-state index contributed by atoms with van der Waals surface area (Å²) in [6, 6.07) is 0. The van der Waals surface area contributed by atoms with Gasteiger partial charge in [0.25, 0.3) is 6.43 Å². The van der Waals surface area contributed by atoms with Gasteiger partial charge in [0.1, 0.15) is 11.3 Å².